The third kappa shape index (κ3) is 10.2. The van der Waals surface area contributed by atoms with E-state index in [9.17, 15) is 4.57 Å². The van der Waals surface area contributed by atoms with Crippen molar-refractivity contribution in [1.29, 1.82) is 0 Å². The van der Waals surface area contributed by atoms with Crippen molar-refractivity contribution in [2.75, 3.05) is 12.8 Å². The minimum atomic E-state index is -2.73. The average Bonchev–Trinajstić information content (AvgIpc) is 1.83. The molecule has 0 aromatic rings. The summed E-state index contributed by atoms with van der Waals surface area (Å²) in [6.07, 6.45) is 4.91. The van der Waals surface area contributed by atoms with Gasteiger partial charge in [-0.05, 0) is 12.3 Å². The summed E-state index contributed by atoms with van der Waals surface area (Å²) in [6.45, 7) is 5.85. The molecule has 0 rings (SSSR count). The Kier molecular flexibility index (Phi) is 5.86. The van der Waals surface area contributed by atoms with E-state index in [1.54, 1.807) is 0 Å². The minimum Gasteiger partial charge on any atom is -0.344 e. The Morgan fingerprint density at radius 2 is 1.83 bits per heavy atom. The fourth-order valence-electron chi connectivity index (χ4n) is 1.13. The molecule has 74 valence electrons. The van der Waals surface area contributed by atoms with Crippen molar-refractivity contribution in [2.45, 2.75) is 39.5 Å². The molecule has 0 aliphatic heterocycles. The lowest BCUT2D eigenvalue weighted by atomic mass is 10.1. The molecule has 0 heterocycles. The van der Waals surface area contributed by atoms with Crippen molar-refractivity contribution < 1.29 is 9.46 Å². The van der Waals surface area contributed by atoms with Crippen LogP contribution in [0.3, 0.4) is 0 Å². The molecular weight excluding hydrogens is 171 g/mol. The van der Waals surface area contributed by atoms with Gasteiger partial charge in [0.15, 0.2) is 7.37 Å². The maximum atomic E-state index is 10.9. The van der Waals surface area contributed by atoms with E-state index >= 15 is 0 Å². The summed E-state index contributed by atoms with van der Waals surface area (Å²) >= 11 is 0. The topological polar surface area (TPSA) is 37.3 Å². The summed E-state index contributed by atoms with van der Waals surface area (Å²) in [7, 11) is -2.73. The smallest absolute Gasteiger partial charge is 0.197 e. The molecule has 0 spiro atoms. The van der Waals surface area contributed by atoms with Gasteiger partial charge in [0.1, 0.15) is 0 Å². The molecule has 0 aliphatic rings. The summed E-state index contributed by atoms with van der Waals surface area (Å²) in [5, 5.41) is 0. The van der Waals surface area contributed by atoms with Gasteiger partial charge in [0.05, 0.1) is 0 Å². The van der Waals surface area contributed by atoms with E-state index in [0.717, 1.165) is 18.8 Å². The van der Waals surface area contributed by atoms with Gasteiger partial charge < -0.3 is 4.89 Å². The van der Waals surface area contributed by atoms with Crippen LogP contribution in [0.25, 0.3) is 0 Å². The maximum Gasteiger partial charge on any atom is 0.197 e. The van der Waals surface area contributed by atoms with Crippen molar-refractivity contribution in [1.82, 2.24) is 0 Å². The highest BCUT2D eigenvalue weighted by atomic mass is 31.2. The lowest BCUT2D eigenvalue weighted by Gasteiger charge is -2.05. The fourth-order valence-corrected chi connectivity index (χ4v) is 1.94. The SMILES string of the molecule is CC(C)CCCCCP(C)(=O)O. The van der Waals surface area contributed by atoms with Gasteiger partial charge in [-0.25, -0.2) is 0 Å². The molecule has 0 aromatic heterocycles. The van der Waals surface area contributed by atoms with Gasteiger partial charge in [0.25, 0.3) is 0 Å². The molecule has 0 saturated heterocycles. The van der Waals surface area contributed by atoms with E-state index in [-0.39, 0.29) is 0 Å². The van der Waals surface area contributed by atoms with Crippen LogP contribution in [0.2, 0.25) is 0 Å². The lowest BCUT2D eigenvalue weighted by Crippen LogP contribution is -1.90. The van der Waals surface area contributed by atoms with Gasteiger partial charge in [-0.3, -0.25) is 4.57 Å². The molecule has 0 saturated carbocycles. The van der Waals surface area contributed by atoms with Gasteiger partial charge in [0.2, 0.25) is 0 Å². The predicted molar refractivity (Wildman–Crippen MR) is 53.9 cm³/mol. The second-order valence-electron chi connectivity index (χ2n) is 4.02. The Hall–Kier alpha value is 0.190. The van der Waals surface area contributed by atoms with Gasteiger partial charge in [0, 0.05) is 12.8 Å². The lowest BCUT2D eigenvalue weighted by molar-refractivity contribution is 0.478. The fraction of sp³-hybridized carbons (Fsp3) is 1.00. The first-order valence-electron chi connectivity index (χ1n) is 4.71. The molecule has 0 aromatic carbocycles. The molecule has 0 amide bonds. The van der Waals surface area contributed by atoms with Crippen LogP contribution in [0.4, 0.5) is 0 Å². The first-order chi connectivity index (χ1) is 5.42. The highest BCUT2D eigenvalue weighted by molar-refractivity contribution is 7.57. The predicted octanol–water partition coefficient (Wildman–Crippen LogP) is 3.10. The zero-order valence-electron chi connectivity index (χ0n) is 8.42. The maximum absolute atomic E-state index is 10.9. The van der Waals surface area contributed by atoms with Crippen molar-refractivity contribution >= 4 is 7.37 Å². The zero-order chi connectivity index (χ0) is 9.61. The highest BCUT2D eigenvalue weighted by Gasteiger charge is 2.07. The summed E-state index contributed by atoms with van der Waals surface area (Å²) in [5.74, 6) is 0.757. The van der Waals surface area contributed by atoms with Gasteiger partial charge in [-0.15, -0.1) is 0 Å². The first kappa shape index (κ1) is 12.2. The largest absolute Gasteiger partial charge is 0.344 e. The quantitative estimate of drug-likeness (QED) is 0.518. The molecule has 3 heteroatoms. The van der Waals surface area contributed by atoms with E-state index in [1.807, 2.05) is 0 Å². The monoisotopic (exact) mass is 192 g/mol. The van der Waals surface area contributed by atoms with Crippen molar-refractivity contribution in [3.8, 4) is 0 Å². The summed E-state index contributed by atoms with van der Waals surface area (Å²) < 4.78 is 10.9. The number of hydrogen-bond donors (Lipinski definition) is 1. The van der Waals surface area contributed by atoms with Crippen LogP contribution in [-0.4, -0.2) is 17.7 Å². The van der Waals surface area contributed by atoms with Crippen LogP contribution in [0, 0.1) is 5.92 Å². The number of unbranched alkanes of at least 4 members (excludes halogenated alkanes) is 2. The Morgan fingerprint density at radius 3 is 2.25 bits per heavy atom. The van der Waals surface area contributed by atoms with E-state index in [1.165, 1.54) is 19.5 Å². The molecule has 0 fully saturated rings. The van der Waals surface area contributed by atoms with Gasteiger partial charge >= 0.3 is 0 Å². The van der Waals surface area contributed by atoms with Crippen molar-refractivity contribution in [2.24, 2.45) is 5.92 Å². The van der Waals surface area contributed by atoms with Crippen LogP contribution in [0.5, 0.6) is 0 Å². The molecule has 2 nitrogen and oxygen atoms in total. The Bertz CT molecular complexity index is 149. The molecule has 0 aliphatic carbocycles. The zero-order valence-corrected chi connectivity index (χ0v) is 9.31. The van der Waals surface area contributed by atoms with E-state index in [0.29, 0.717) is 6.16 Å². The first-order valence-corrected chi connectivity index (χ1v) is 7.00. The Morgan fingerprint density at radius 1 is 1.25 bits per heavy atom. The summed E-state index contributed by atoms with van der Waals surface area (Å²) in [4.78, 5) is 8.98. The van der Waals surface area contributed by atoms with Gasteiger partial charge in [-0.1, -0.05) is 33.1 Å². The molecule has 1 unspecified atom stereocenters. The third-order valence-corrected chi connectivity index (χ3v) is 3.00. The summed E-state index contributed by atoms with van der Waals surface area (Å²) in [5.41, 5.74) is 0. The molecule has 0 radical (unpaired) electrons. The van der Waals surface area contributed by atoms with Crippen LogP contribution in [-0.2, 0) is 4.57 Å². The second-order valence-corrected chi connectivity index (χ2v) is 6.57. The Labute approximate surface area is 75.8 Å². The molecule has 12 heavy (non-hydrogen) atoms. The third-order valence-electron chi connectivity index (χ3n) is 1.85. The van der Waals surface area contributed by atoms with Crippen molar-refractivity contribution in [3.05, 3.63) is 0 Å². The van der Waals surface area contributed by atoms with Crippen molar-refractivity contribution in [3.63, 3.8) is 0 Å². The van der Waals surface area contributed by atoms with E-state index in [4.69, 9.17) is 4.89 Å². The second kappa shape index (κ2) is 5.77. The van der Waals surface area contributed by atoms with Crippen LogP contribution in [0.15, 0.2) is 0 Å². The molecular formula is C9H21O2P. The number of rotatable bonds is 6. The highest BCUT2D eigenvalue weighted by Crippen LogP contribution is 2.36. The standard InChI is InChI=1S/C9H21O2P/c1-9(2)7-5-4-6-8-12(3,10)11/h9H,4-8H2,1-3H3,(H,10,11). The van der Waals surface area contributed by atoms with E-state index in [2.05, 4.69) is 13.8 Å². The van der Waals surface area contributed by atoms with Gasteiger partial charge in [-0.2, -0.15) is 0 Å². The number of hydrogen-bond acceptors (Lipinski definition) is 1. The van der Waals surface area contributed by atoms with Crippen LogP contribution in [0.1, 0.15) is 39.5 Å². The van der Waals surface area contributed by atoms with Crippen LogP contribution >= 0.6 is 7.37 Å². The minimum absolute atomic E-state index is 0.491. The summed E-state index contributed by atoms with van der Waals surface area (Å²) in [6, 6.07) is 0. The van der Waals surface area contributed by atoms with E-state index < -0.39 is 7.37 Å². The molecule has 0 bridgehead atoms. The molecule has 1 atom stereocenters. The van der Waals surface area contributed by atoms with Crippen LogP contribution < -0.4 is 0 Å². The molecule has 1 N–H and O–H groups in total. The normalized spacial score (nSPS) is 16.4. The Balaban J connectivity index is 3.17. The average molecular weight is 192 g/mol.